The number of nitrogens with zero attached hydrogens (tertiary/aromatic N) is 1. The van der Waals surface area contributed by atoms with Crippen LogP contribution >= 0.6 is 15.9 Å². The summed E-state index contributed by atoms with van der Waals surface area (Å²) in [6.07, 6.45) is -0.0258. The minimum atomic E-state index is -1.01. The molecule has 2 rings (SSSR count). The van der Waals surface area contributed by atoms with E-state index < -0.39 is 23.7 Å². The zero-order valence-electron chi connectivity index (χ0n) is 11.1. The van der Waals surface area contributed by atoms with E-state index >= 15 is 0 Å². The van der Waals surface area contributed by atoms with Crippen LogP contribution in [0.15, 0.2) is 22.7 Å². The van der Waals surface area contributed by atoms with Crippen LogP contribution in [0.1, 0.15) is 31.9 Å². The zero-order valence-corrected chi connectivity index (χ0v) is 12.7. The van der Waals surface area contributed by atoms with E-state index in [4.69, 9.17) is 0 Å². The highest BCUT2D eigenvalue weighted by Crippen LogP contribution is 2.42. The van der Waals surface area contributed by atoms with E-state index in [0.29, 0.717) is 10.0 Å². The van der Waals surface area contributed by atoms with Gasteiger partial charge < -0.3 is 10.0 Å². The lowest BCUT2D eigenvalue weighted by Gasteiger charge is -2.31. The Kier molecular flexibility index (Phi) is 4.13. The number of carboxylic acid groups (broad SMARTS) is 1. The summed E-state index contributed by atoms with van der Waals surface area (Å²) in [4.78, 5) is 25.0. The van der Waals surface area contributed by atoms with E-state index in [-0.39, 0.29) is 18.4 Å². The molecular formula is C14H15BrFNO3. The van der Waals surface area contributed by atoms with Crippen LogP contribution in [-0.4, -0.2) is 27.9 Å². The first kappa shape index (κ1) is 15.0. The number of halogens is 2. The van der Waals surface area contributed by atoms with E-state index in [1.807, 2.05) is 13.8 Å². The highest BCUT2D eigenvalue weighted by atomic mass is 79.9. The number of carbonyl (C=O) groups excluding carboxylic acids is 1. The molecule has 2 unspecified atom stereocenters. The molecule has 1 N–H and O–H groups in total. The molecule has 1 heterocycles. The maximum Gasteiger partial charge on any atom is 0.309 e. The first-order chi connectivity index (χ1) is 9.32. The van der Waals surface area contributed by atoms with E-state index in [0.717, 1.165) is 0 Å². The van der Waals surface area contributed by atoms with E-state index in [2.05, 4.69) is 15.9 Å². The molecule has 0 aromatic heterocycles. The standard InChI is InChI=1S/C14H15BrFNO3/c1-7(2)17-12(18)6-10(14(19)20)13(17)9-4-3-8(16)5-11(9)15/h3-5,7,10,13H,6H2,1-2H3,(H,19,20). The minimum Gasteiger partial charge on any atom is -0.481 e. The molecule has 0 radical (unpaired) electrons. The summed E-state index contributed by atoms with van der Waals surface area (Å²) in [6.45, 7) is 3.68. The van der Waals surface area contributed by atoms with Gasteiger partial charge in [0.15, 0.2) is 0 Å². The molecule has 1 aliphatic heterocycles. The summed E-state index contributed by atoms with van der Waals surface area (Å²) in [6, 6.07) is 3.41. The molecule has 108 valence electrons. The van der Waals surface area contributed by atoms with Crippen molar-refractivity contribution in [3.05, 3.63) is 34.1 Å². The van der Waals surface area contributed by atoms with Crippen LogP contribution < -0.4 is 0 Å². The Hall–Kier alpha value is -1.43. The lowest BCUT2D eigenvalue weighted by Crippen LogP contribution is -2.36. The third-order valence-corrected chi connectivity index (χ3v) is 4.20. The minimum absolute atomic E-state index is 0.0258. The molecule has 1 amide bonds. The Morgan fingerprint density at radius 2 is 2.15 bits per heavy atom. The van der Waals surface area contributed by atoms with Gasteiger partial charge in [-0.2, -0.15) is 0 Å². The van der Waals surface area contributed by atoms with Crippen LogP contribution in [-0.2, 0) is 9.59 Å². The molecule has 0 aliphatic carbocycles. The van der Waals surface area contributed by atoms with Gasteiger partial charge in [-0.25, -0.2) is 4.39 Å². The fourth-order valence-electron chi connectivity index (χ4n) is 2.69. The molecule has 4 nitrogen and oxygen atoms in total. The molecule has 1 fully saturated rings. The number of hydrogen-bond donors (Lipinski definition) is 1. The van der Waals surface area contributed by atoms with Gasteiger partial charge in [-0.1, -0.05) is 22.0 Å². The number of rotatable bonds is 3. The molecule has 0 bridgehead atoms. The Balaban J connectivity index is 2.52. The molecule has 2 atom stereocenters. The topological polar surface area (TPSA) is 57.6 Å². The Labute approximate surface area is 124 Å². The van der Waals surface area contributed by atoms with E-state index in [1.165, 1.54) is 18.2 Å². The maximum atomic E-state index is 13.2. The van der Waals surface area contributed by atoms with E-state index in [9.17, 15) is 19.1 Å². The second kappa shape index (κ2) is 5.52. The number of benzene rings is 1. The normalized spacial score (nSPS) is 22.6. The van der Waals surface area contributed by atoms with Crippen molar-refractivity contribution >= 4 is 27.8 Å². The molecule has 0 saturated carbocycles. The van der Waals surface area contributed by atoms with Gasteiger partial charge in [0, 0.05) is 16.9 Å². The number of hydrogen-bond acceptors (Lipinski definition) is 2. The second-order valence-electron chi connectivity index (χ2n) is 5.15. The van der Waals surface area contributed by atoms with Gasteiger partial charge >= 0.3 is 5.97 Å². The average molecular weight is 344 g/mol. The third-order valence-electron chi connectivity index (χ3n) is 3.52. The fourth-order valence-corrected chi connectivity index (χ4v) is 3.28. The van der Waals surface area contributed by atoms with Crippen molar-refractivity contribution in [2.24, 2.45) is 5.92 Å². The van der Waals surface area contributed by atoms with Gasteiger partial charge in [0.25, 0.3) is 0 Å². The number of likely N-dealkylation sites (tertiary alicyclic amines) is 1. The van der Waals surface area contributed by atoms with Gasteiger partial charge in [0.05, 0.1) is 12.0 Å². The maximum absolute atomic E-state index is 13.2. The largest absolute Gasteiger partial charge is 0.481 e. The van der Waals surface area contributed by atoms with Gasteiger partial charge in [-0.15, -0.1) is 0 Å². The van der Waals surface area contributed by atoms with E-state index in [1.54, 1.807) is 4.90 Å². The van der Waals surface area contributed by atoms with Crippen LogP contribution in [0.5, 0.6) is 0 Å². The van der Waals surface area contributed by atoms with Crippen molar-refractivity contribution in [1.29, 1.82) is 0 Å². The summed E-state index contributed by atoms with van der Waals surface area (Å²) >= 11 is 3.26. The predicted molar refractivity (Wildman–Crippen MR) is 74.6 cm³/mol. The smallest absolute Gasteiger partial charge is 0.309 e. The molecule has 1 saturated heterocycles. The zero-order chi connectivity index (χ0) is 15.0. The molecule has 1 aromatic rings. The molecule has 20 heavy (non-hydrogen) atoms. The first-order valence-corrected chi connectivity index (χ1v) is 7.11. The highest BCUT2D eigenvalue weighted by Gasteiger charge is 2.46. The van der Waals surface area contributed by atoms with Crippen molar-refractivity contribution < 1.29 is 19.1 Å². The second-order valence-corrected chi connectivity index (χ2v) is 6.01. The summed E-state index contributed by atoms with van der Waals surface area (Å²) in [5.74, 6) is -2.42. The van der Waals surface area contributed by atoms with Gasteiger partial charge in [-0.05, 0) is 31.5 Å². The highest BCUT2D eigenvalue weighted by molar-refractivity contribution is 9.10. The molecule has 1 aliphatic rings. The van der Waals surface area contributed by atoms with Crippen LogP contribution in [0, 0.1) is 11.7 Å². The molecule has 0 spiro atoms. The molecular weight excluding hydrogens is 329 g/mol. The third kappa shape index (κ3) is 2.57. The van der Waals surface area contributed by atoms with Gasteiger partial charge in [0.1, 0.15) is 5.82 Å². The van der Waals surface area contributed by atoms with Crippen molar-refractivity contribution in [2.45, 2.75) is 32.4 Å². The number of amides is 1. The van der Waals surface area contributed by atoms with Crippen molar-refractivity contribution in [3.8, 4) is 0 Å². The van der Waals surface area contributed by atoms with Gasteiger partial charge in [0.2, 0.25) is 5.91 Å². The summed E-state index contributed by atoms with van der Waals surface area (Å²) < 4.78 is 13.7. The Morgan fingerprint density at radius 3 is 2.65 bits per heavy atom. The fraction of sp³-hybridized carbons (Fsp3) is 0.429. The Bertz CT molecular complexity index is 561. The van der Waals surface area contributed by atoms with Gasteiger partial charge in [-0.3, -0.25) is 9.59 Å². The van der Waals surface area contributed by atoms with Crippen molar-refractivity contribution in [1.82, 2.24) is 4.90 Å². The number of carboxylic acids is 1. The molecule has 1 aromatic carbocycles. The predicted octanol–water partition coefficient (Wildman–Crippen LogP) is 2.97. The Morgan fingerprint density at radius 1 is 1.50 bits per heavy atom. The summed E-state index contributed by atoms with van der Waals surface area (Å²) in [5.41, 5.74) is 0.623. The van der Waals surface area contributed by atoms with Crippen molar-refractivity contribution in [2.75, 3.05) is 0 Å². The monoisotopic (exact) mass is 343 g/mol. The van der Waals surface area contributed by atoms with Crippen LogP contribution in [0.3, 0.4) is 0 Å². The summed E-state index contributed by atoms with van der Waals surface area (Å²) in [7, 11) is 0. The summed E-state index contributed by atoms with van der Waals surface area (Å²) in [5, 5.41) is 9.34. The average Bonchev–Trinajstić information content (AvgIpc) is 2.67. The van der Waals surface area contributed by atoms with Crippen LogP contribution in [0.25, 0.3) is 0 Å². The van der Waals surface area contributed by atoms with Crippen molar-refractivity contribution in [3.63, 3.8) is 0 Å². The molecule has 6 heteroatoms. The number of carbonyl (C=O) groups is 2. The van der Waals surface area contributed by atoms with Crippen LogP contribution in [0.4, 0.5) is 4.39 Å². The SMILES string of the molecule is CC(C)N1C(=O)CC(C(=O)O)C1c1ccc(F)cc1Br. The van der Waals surface area contributed by atoms with Crippen LogP contribution in [0.2, 0.25) is 0 Å². The first-order valence-electron chi connectivity index (χ1n) is 6.32. The quantitative estimate of drug-likeness (QED) is 0.917. The lowest BCUT2D eigenvalue weighted by atomic mass is 9.93. The number of aliphatic carboxylic acids is 1. The lowest BCUT2D eigenvalue weighted by molar-refractivity contribution is -0.142.